The Labute approximate surface area is 122 Å². The van der Waals surface area contributed by atoms with Crippen molar-refractivity contribution in [3.63, 3.8) is 0 Å². The molecule has 1 heterocycles. The van der Waals surface area contributed by atoms with Gasteiger partial charge < -0.3 is 10.1 Å². The first-order chi connectivity index (χ1) is 9.83. The summed E-state index contributed by atoms with van der Waals surface area (Å²) in [7, 11) is 0. The van der Waals surface area contributed by atoms with Crippen molar-refractivity contribution < 1.29 is 4.74 Å². The van der Waals surface area contributed by atoms with Gasteiger partial charge in [-0.1, -0.05) is 35.9 Å². The van der Waals surface area contributed by atoms with Crippen molar-refractivity contribution in [2.75, 3.05) is 13.2 Å². The zero-order valence-electron chi connectivity index (χ0n) is 12.4. The zero-order chi connectivity index (χ0) is 13.8. The lowest BCUT2D eigenvalue weighted by atomic mass is 9.93. The number of benzene rings is 1. The van der Waals surface area contributed by atoms with Crippen molar-refractivity contribution in [1.29, 1.82) is 0 Å². The Kier molecular flexibility index (Phi) is 4.54. The molecule has 2 aliphatic rings. The Hall–Kier alpha value is -1.12. The summed E-state index contributed by atoms with van der Waals surface area (Å²) in [5, 5.41) is 3.56. The minimum absolute atomic E-state index is 0.257. The van der Waals surface area contributed by atoms with Crippen LogP contribution in [-0.2, 0) is 11.2 Å². The van der Waals surface area contributed by atoms with Crippen molar-refractivity contribution in [2.24, 2.45) is 0 Å². The van der Waals surface area contributed by atoms with E-state index in [0.29, 0.717) is 0 Å². The van der Waals surface area contributed by atoms with Crippen molar-refractivity contribution >= 4 is 0 Å². The molecule has 3 rings (SSSR count). The molecule has 2 nitrogen and oxygen atoms in total. The largest absolute Gasteiger partial charge is 0.373 e. The van der Waals surface area contributed by atoms with E-state index >= 15 is 0 Å². The van der Waals surface area contributed by atoms with E-state index in [0.717, 1.165) is 38.5 Å². The molecule has 1 aliphatic carbocycles. The molecular weight excluding hydrogens is 246 g/mol. The van der Waals surface area contributed by atoms with Crippen LogP contribution in [0, 0.1) is 0 Å². The third-order valence-corrected chi connectivity index (χ3v) is 4.25. The van der Waals surface area contributed by atoms with Crippen LogP contribution in [0.3, 0.4) is 0 Å². The Balaban J connectivity index is 1.53. The molecule has 0 bridgehead atoms. The van der Waals surface area contributed by atoms with Crippen LogP contribution in [-0.4, -0.2) is 19.2 Å². The maximum absolute atomic E-state index is 5.97. The molecule has 1 aliphatic heterocycles. The average molecular weight is 271 g/mol. The van der Waals surface area contributed by atoms with Crippen LogP contribution in [0.1, 0.15) is 49.8 Å². The van der Waals surface area contributed by atoms with Crippen LogP contribution in [0.4, 0.5) is 0 Å². The molecule has 0 amide bonds. The van der Waals surface area contributed by atoms with Gasteiger partial charge >= 0.3 is 0 Å². The van der Waals surface area contributed by atoms with Crippen LogP contribution in [0.5, 0.6) is 0 Å². The summed E-state index contributed by atoms with van der Waals surface area (Å²) in [4.78, 5) is 0. The fraction of sp³-hybridized carbons (Fsp3) is 0.556. The van der Waals surface area contributed by atoms with Crippen LogP contribution in [0.25, 0.3) is 0 Å². The topological polar surface area (TPSA) is 21.3 Å². The summed E-state index contributed by atoms with van der Waals surface area (Å²) in [5.74, 6) is 0. The van der Waals surface area contributed by atoms with E-state index in [-0.39, 0.29) is 6.10 Å². The van der Waals surface area contributed by atoms with E-state index in [2.05, 4.69) is 42.6 Å². The average Bonchev–Trinajstić information content (AvgIpc) is 3.28. The van der Waals surface area contributed by atoms with Gasteiger partial charge in [-0.2, -0.15) is 0 Å². The first-order valence-electron chi connectivity index (χ1n) is 7.91. The van der Waals surface area contributed by atoms with Gasteiger partial charge in [0.25, 0.3) is 0 Å². The van der Waals surface area contributed by atoms with Crippen molar-refractivity contribution in [3.05, 3.63) is 47.0 Å². The van der Waals surface area contributed by atoms with Crippen LogP contribution >= 0.6 is 0 Å². The van der Waals surface area contributed by atoms with Crippen molar-refractivity contribution in [3.8, 4) is 0 Å². The maximum Gasteiger partial charge on any atom is 0.0864 e. The predicted octanol–water partition coefficient (Wildman–Crippen LogP) is 3.78. The summed E-state index contributed by atoms with van der Waals surface area (Å²) >= 11 is 0. The highest BCUT2D eigenvalue weighted by molar-refractivity contribution is 5.31. The molecule has 1 aromatic carbocycles. The summed E-state index contributed by atoms with van der Waals surface area (Å²) in [6.07, 6.45) is 8.59. The molecule has 0 aromatic heterocycles. The fourth-order valence-corrected chi connectivity index (χ4v) is 2.92. The van der Waals surface area contributed by atoms with E-state index in [1.54, 1.807) is 0 Å². The molecule has 1 N–H and O–H groups in total. The van der Waals surface area contributed by atoms with E-state index < -0.39 is 0 Å². The molecular formula is C18H25NO. The molecule has 1 aromatic rings. The SMILES string of the molecule is CC(=CCCNC1CC1)CC1OCCc2ccccc21. The third kappa shape index (κ3) is 3.71. The standard InChI is InChI=1S/C18H25NO/c1-14(5-4-11-19-16-8-9-16)13-18-17-7-3-2-6-15(17)10-12-20-18/h2-3,5-7,16,18-19H,4,8-13H2,1H3. The number of hydrogen-bond acceptors (Lipinski definition) is 2. The van der Waals surface area contributed by atoms with Gasteiger partial charge in [-0.25, -0.2) is 0 Å². The molecule has 0 spiro atoms. The second-order valence-corrected chi connectivity index (χ2v) is 6.08. The minimum Gasteiger partial charge on any atom is -0.373 e. The lowest BCUT2D eigenvalue weighted by Gasteiger charge is -2.26. The lowest BCUT2D eigenvalue weighted by Crippen LogP contribution is -2.17. The highest BCUT2D eigenvalue weighted by atomic mass is 16.5. The molecule has 0 radical (unpaired) electrons. The quantitative estimate of drug-likeness (QED) is 0.628. The number of rotatable bonds is 6. The summed E-state index contributed by atoms with van der Waals surface area (Å²) in [6, 6.07) is 9.54. The van der Waals surface area contributed by atoms with E-state index in [1.165, 1.54) is 29.5 Å². The number of ether oxygens (including phenoxy) is 1. The summed E-state index contributed by atoms with van der Waals surface area (Å²) in [6.45, 7) is 4.21. The Morgan fingerprint density at radius 1 is 1.35 bits per heavy atom. The first-order valence-corrected chi connectivity index (χ1v) is 7.91. The van der Waals surface area contributed by atoms with Crippen molar-refractivity contribution in [2.45, 2.75) is 51.2 Å². The molecule has 1 fully saturated rings. The van der Waals surface area contributed by atoms with Crippen molar-refractivity contribution in [1.82, 2.24) is 5.32 Å². The van der Waals surface area contributed by atoms with Gasteiger partial charge in [0.2, 0.25) is 0 Å². The highest BCUT2D eigenvalue weighted by Gasteiger charge is 2.21. The smallest absolute Gasteiger partial charge is 0.0864 e. The van der Waals surface area contributed by atoms with Crippen LogP contribution < -0.4 is 5.32 Å². The Bertz CT molecular complexity index is 476. The molecule has 108 valence electrons. The molecule has 0 saturated heterocycles. The summed E-state index contributed by atoms with van der Waals surface area (Å²) < 4.78 is 5.97. The van der Waals surface area contributed by atoms with Crippen LogP contribution in [0.2, 0.25) is 0 Å². The monoisotopic (exact) mass is 271 g/mol. The van der Waals surface area contributed by atoms with Gasteiger partial charge in [-0.05, 0) is 56.7 Å². The minimum atomic E-state index is 0.257. The van der Waals surface area contributed by atoms with Crippen LogP contribution in [0.15, 0.2) is 35.9 Å². The number of nitrogens with one attached hydrogen (secondary N) is 1. The van der Waals surface area contributed by atoms with E-state index in [4.69, 9.17) is 4.74 Å². The van der Waals surface area contributed by atoms with Gasteiger partial charge in [-0.15, -0.1) is 0 Å². The number of hydrogen-bond donors (Lipinski definition) is 1. The predicted molar refractivity (Wildman–Crippen MR) is 82.9 cm³/mol. The first kappa shape index (κ1) is 13.8. The van der Waals surface area contributed by atoms with Gasteiger partial charge in [0.05, 0.1) is 12.7 Å². The van der Waals surface area contributed by atoms with Gasteiger partial charge in [-0.3, -0.25) is 0 Å². The van der Waals surface area contributed by atoms with Gasteiger partial charge in [0.15, 0.2) is 0 Å². The molecule has 1 unspecified atom stereocenters. The molecule has 1 atom stereocenters. The zero-order valence-corrected chi connectivity index (χ0v) is 12.4. The Morgan fingerprint density at radius 2 is 2.20 bits per heavy atom. The van der Waals surface area contributed by atoms with Gasteiger partial charge in [0, 0.05) is 6.04 Å². The fourth-order valence-electron chi connectivity index (χ4n) is 2.92. The third-order valence-electron chi connectivity index (χ3n) is 4.25. The second-order valence-electron chi connectivity index (χ2n) is 6.08. The molecule has 20 heavy (non-hydrogen) atoms. The Morgan fingerprint density at radius 3 is 3.05 bits per heavy atom. The molecule has 2 heteroatoms. The van der Waals surface area contributed by atoms with E-state index in [1.807, 2.05) is 0 Å². The van der Waals surface area contributed by atoms with E-state index in [9.17, 15) is 0 Å². The number of fused-ring (bicyclic) bond motifs is 1. The second kappa shape index (κ2) is 6.55. The normalized spacial score (nSPS) is 22.6. The maximum atomic E-state index is 5.97. The lowest BCUT2D eigenvalue weighted by molar-refractivity contribution is 0.0427. The molecule has 1 saturated carbocycles. The highest BCUT2D eigenvalue weighted by Crippen LogP contribution is 2.31. The summed E-state index contributed by atoms with van der Waals surface area (Å²) in [5.41, 5.74) is 4.30. The van der Waals surface area contributed by atoms with Gasteiger partial charge in [0.1, 0.15) is 0 Å².